The number of carboxylic acid groups (broad SMARTS) is 1. The number of ether oxygens (including phenoxy) is 1. The lowest BCUT2D eigenvalue weighted by Crippen LogP contribution is -2.45. The second kappa shape index (κ2) is 9.05. The van der Waals surface area contributed by atoms with Crippen molar-refractivity contribution in [2.45, 2.75) is 50.4 Å². The van der Waals surface area contributed by atoms with Crippen molar-refractivity contribution in [3.63, 3.8) is 0 Å². The third kappa shape index (κ3) is 5.13. The van der Waals surface area contributed by atoms with Crippen molar-refractivity contribution in [1.29, 1.82) is 0 Å². The van der Waals surface area contributed by atoms with Gasteiger partial charge in [-0.1, -0.05) is 12.1 Å². The zero-order valence-electron chi connectivity index (χ0n) is 18.1. The molecule has 9 heteroatoms. The highest BCUT2D eigenvalue weighted by Gasteiger charge is 2.38. The highest BCUT2D eigenvalue weighted by Crippen LogP contribution is 2.46. The first-order chi connectivity index (χ1) is 15.7. The van der Waals surface area contributed by atoms with Gasteiger partial charge < -0.3 is 20.1 Å². The van der Waals surface area contributed by atoms with E-state index in [0.29, 0.717) is 35.5 Å². The Morgan fingerprint density at radius 1 is 1.21 bits per heavy atom. The number of carbonyl (C=O) groups excluding carboxylic acids is 1. The van der Waals surface area contributed by atoms with E-state index in [0.717, 1.165) is 18.4 Å². The number of hydrogen-bond donors (Lipinski definition) is 2. The number of anilines is 1. The molecule has 2 aliphatic rings. The summed E-state index contributed by atoms with van der Waals surface area (Å²) in [5, 5.41) is 11.8. The van der Waals surface area contributed by atoms with Crippen molar-refractivity contribution in [3.05, 3.63) is 58.7 Å². The Morgan fingerprint density at radius 2 is 1.97 bits per heavy atom. The highest BCUT2D eigenvalue weighted by atomic mass is 19.4. The van der Waals surface area contributed by atoms with Crippen molar-refractivity contribution < 1.29 is 32.6 Å². The van der Waals surface area contributed by atoms with E-state index < -0.39 is 23.8 Å². The van der Waals surface area contributed by atoms with Gasteiger partial charge in [0.2, 0.25) is 5.91 Å². The van der Waals surface area contributed by atoms with Gasteiger partial charge in [0.1, 0.15) is 12.4 Å². The molecule has 1 saturated carbocycles. The second-order valence-electron chi connectivity index (χ2n) is 8.45. The van der Waals surface area contributed by atoms with Gasteiger partial charge in [0, 0.05) is 12.2 Å². The minimum atomic E-state index is -4.40. The van der Waals surface area contributed by atoms with Crippen LogP contribution in [-0.4, -0.2) is 36.6 Å². The molecule has 1 fully saturated rings. The summed E-state index contributed by atoms with van der Waals surface area (Å²) in [6, 6.07) is 8.74. The van der Waals surface area contributed by atoms with Crippen molar-refractivity contribution >= 4 is 17.6 Å². The van der Waals surface area contributed by atoms with E-state index in [1.54, 1.807) is 42.3 Å². The Labute approximate surface area is 189 Å². The van der Waals surface area contributed by atoms with Gasteiger partial charge in [0.15, 0.2) is 0 Å². The quantitative estimate of drug-likeness (QED) is 0.617. The zero-order valence-corrected chi connectivity index (χ0v) is 18.1. The lowest BCUT2D eigenvalue weighted by molar-refractivity contribution is -0.139. The molecule has 0 unspecified atom stereocenters. The molecular formula is C24H25F3N2O4. The van der Waals surface area contributed by atoms with Crippen molar-refractivity contribution in [2.75, 3.05) is 18.5 Å². The van der Waals surface area contributed by atoms with Crippen LogP contribution in [0.4, 0.5) is 18.9 Å². The maximum absolute atomic E-state index is 13.5. The summed E-state index contributed by atoms with van der Waals surface area (Å²) in [6.45, 7) is 0.420. The average Bonchev–Trinajstić information content (AvgIpc) is 3.53. The number of nitrogens with one attached hydrogen (secondary N) is 1. The third-order valence-corrected chi connectivity index (χ3v) is 6.08. The number of aliphatic carboxylic acids is 1. The maximum Gasteiger partial charge on any atom is 0.416 e. The van der Waals surface area contributed by atoms with Gasteiger partial charge in [0.05, 0.1) is 18.0 Å². The fourth-order valence-corrected chi connectivity index (χ4v) is 4.23. The molecule has 1 aliphatic heterocycles. The van der Waals surface area contributed by atoms with Gasteiger partial charge in [-0.3, -0.25) is 9.59 Å². The average molecular weight is 462 g/mol. The van der Waals surface area contributed by atoms with E-state index in [9.17, 15) is 22.8 Å². The molecule has 0 aromatic heterocycles. The van der Waals surface area contributed by atoms with Crippen molar-refractivity contribution in [1.82, 2.24) is 5.32 Å². The molecule has 1 atom stereocenters. The molecule has 1 heterocycles. The molecule has 0 spiro atoms. The van der Waals surface area contributed by atoms with E-state index in [1.165, 1.54) is 6.07 Å². The molecule has 2 aromatic carbocycles. The maximum atomic E-state index is 13.5. The standard InChI is InChI=1S/C24H25F3N2O4/c1-28-20(12-22(30)31)23(32)29-9-8-16-11-17(5-7-21(16)29)33-13-14-2-6-18(15-3-4-15)19(10-14)24(25,26)27/h2,5-7,10-11,15,20,28H,3-4,8-9,12-13H2,1H3,(H,30,31)/t20-/m1/s1. The molecule has 1 amide bonds. The van der Waals surface area contributed by atoms with Gasteiger partial charge >= 0.3 is 12.1 Å². The van der Waals surface area contributed by atoms with Crippen LogP contribution in [0.2, 0.25) is 0 Å². The van der Waals surface area contributed by atoms with Crippen LogP contribution in [0.5, 0.6) is 5.75 Å². The fraction of sp³-hybridized carbons (Fsp3) is 0.417. The van der Waals surface area contributed by atoms with E-state index in [4.69, 9.17) is 9.84 Å². The predicted molar refractivity (Wildman–Crippen MR) is 115 cm³/mol. The van der Waals surface area contributed by atoms with Crippen LogP contribution in [0, 0.1) is 0 Å². The van der Waals surface area contributed by atoms with Gasteiger partial charge in [-0.05, 0) is 73.2 Å². The van der Waals surface area contributed by atoms with Crippen molar-refractivity contribution in [2.24, 2.45) is 0 Å². The molecular weight excluding hydrogens is 437 g/mol. The minimum Gasteiger partial charge on any atom is -0.489 e. The molecule has 2 N–H and O–H groups in total. The monoisotopic (exact) mass is 462 g/mol. The van der Waals surface area contributed by atoms with Gasteiger partial charge in [0.25, 0.3) is 0 Å². The zero-order chi connectivity index (χ0) is 23.8. The lowest BCUT2D eigenvalue weighted by Gasteiger charge is -2.23. The number of amides is 1. The van der Waals surface area contributed by atoms with E-state index >= 15 is 0 Å². The molecule has 0 saturated heterocycles. The molecule has 0 radical (unpaired) electrons. The summed E-state index contributed by atoms with van der Waals surface area (Å²) in [5.41, 5.74) is 1.76. The van der Waals surface area contributed by atoms with Crippen LogP contribution in [0.1, 0.15) is 47.4 Å². The number of nitrogens with zero attached hydrogens (tertiary/aromatic N) is 1. The van der Waals surface area contributed by atoms with Crippen LogP contribution < -0.4 is 15.0 Å². The number of hydrogen-bond acceptors (Lipinski definition) is 4. The molecule has 4 rings (SSSR count). The predicted octanol–water partition coefficient (Wildman–Crippen LogP) is 4.11. The van der Waals surface area contributed by atoms with Gasteiger partial charge in [-0.2, -0.15) is 13.2 Å². The first-order valence-corrected chi connectivity index (χ1v) is 10.8. The van der Waals surface area contributed by atoms with Crippen LogP contribution in [0.3, 0.4) is 0 Å². The highest BCUT2D eigenvalue weighted by molar-refractivity contribution is 6.00. The number of fused-ring (bicyclic) bond motifs is 1. The molecule has 176 valence electrons. The summed E-state index contributed by atoms with van der Waals surface area (Å²) in [4.78, 5) is 25.3. The minimum absolute atomic E-state index is 0.00281. The molecule has 1 aliphatic carbocycles. The molecule has 2 aromatic rings. The first kappa shape index (κ1) is 23.1. The Hall–Kier alpha value is -3.07. The number of alkyl halides is 3. The van der Waals surface area contributed by atoms with Gasteiger partial charge in [-0.15, -0.1) is 0 Å². The SMILES string of the molecule is CN[C@H](CC(=O)O)C(=O)N1CCc2cc(OCc3ccc(C4CC4)c(C(F)(F)F)c3)ccc21. The number of carbonyl (C=O) groups is 2. The van der Waals surface area contributed by atoms with E-state index in [1.807, 2.05) is 0 Å². The summed E-state index contributed by atoms with van der Waals surface area (Å²) in [5.74, 6) is -0.886. The van der Waals surface area contributed by atoms with Crippen LogP contribution in [-0.2, 0) is 28.8 Å². The van der Waals surface area contributed by atoms with Crippen molar-refractivity contribution in [3.8, 4) is 5.75 Å². The summed E-state index contributed by atoms with van der Waals surface area (Å²) in [6.07, 6.45) is -2.56. The number of benzene rings is 2. The van der Waals surface area contributed by atoms with Crippen LogP contribution in [0.25, 0.3) is 0 Å². The van der Waals surface area contributed by atoms with E-state index in [-0.39, 0.29) is 24.9 Å². The number of likely N-dealkylation sites (N-methyl/N-ethyl adjacent to an activating group) is 1. The van der Waals surface area contributed by atoms with E-state index in [2.05, 4.69) is 5.32 Å². The Kier molecular flexibility index (Phi) is 6.34. The number of carboxylic acids is 1. The molecule has 0 bridgehead atoms. The van der Waals surface area contributed by atoms with Gasteiger partial charge in [-0.25, -0.2) is 0 Å². The Bertz CT molecular complexity index is 1070. The third-order valence-electron chi connectivity index (χ3n) is 6.08. The fourth-order valence-electron chi connectivity index (χ4n) is 4.23. The molecule has 33 heavy (non-hydrogen) atoms. The first-order valence-electron chi connectivity index (χ1n) is 10.8. The Balaban J connectivity index is 1.45. The molecule has 6 nitrogen and oxygen atoms in total. The Morgan fingerprint density at radius 3 is 2.61 bits per heavy atom. The second-order valence-corrected chi connectivity index (χ2v) is 8.45. The summed E-state index contributed by atoms with van der Waals surface area (Å²) < 4.78 is 46.2. The smallest absolute Gasteiger partial charge is 0.416 e. The number of halogens is 3. The normalized spacial score (nSPS) is 16.4. The summed E-state index contributed by atoms with van der Waals surface area (Å²) >= 11 is 0. The van der Waals surface area contributed by atoms with Crippen LogP contribution >= 0.6 is 0 Å². The lowest BCUT2D eigenvalue weighted by atomic mass is 10.00. The van der Waals surface area contributed by atoms with Crippen LogP contribution in [0.15, 0.2) is 36.4 Å². The topological polar surface area (TPSA) is 78.9 Å². The largest absolute Gasteiger partial charge is 0.489 e. The number of rotatable bonds is 8. The summed E-state index contributed by atoms with van der Waals surface area (Å²) in [7, 11) is 1.54.